The van der Waals surface area contributed by atoms with Crippen LogP contribution >= 0.6 is 11.8 Å². The van der Waals surface area contributed by atoms with E-state index in [-0.39, 0.29) is 11.7 Å². The van der Waals surface area contributed by atoms with E-state index < -0.39 is 5.97 Å². The van der Waals surface area contributed by atoms with Gasteiger partial charge in [-0.05, 0) is 66.7 Å². The zero-order valence-corrected chi connectivity index (χ0v) is 21.2. The summed E-state index contributed by atoms with van der Waals surface area (Å²) in [6, 6.07) is 21.3. The number of aliphatic imine (C=N–C) groups is 1. The number of hydrogen-bond donors (Lipinski definition) is 0. The highest BCUT2D eigenvalue weighted by molar-refractivity contribution is 8.18. The van der Waals surface area contributed by atoms with Gasteiger partial charge in [0.2, 0.25) is 0 Å². The average Bonchev–Trinajstić information content (AvgIpc) is 3.41. The Morgan fingerprint density at radius 1 is 1.08 bits per heavy atom. The van der Waals surface area contributed by atoms with Crippen molar-refractivity contribution < 1.29 is 18.7 Å². The van der Waals surface area contributed by atoms with Crippen molar-refractivity contribution >= 4 is 51.5 Å². The number of benzene rings is 3. The Morgan fingerprint density at radius 3 is 2.62 bits per heavy atom. The number of fused-ring (bicyclic) bond motifs is 1. The lowest BCUT2D eigenvalue weighted by molar-refractivity contribution is -0.122. The van der Waals surface area contributed by atoms with Crippen LogP contribution in [0.5, 0.6) is 0 Å². The van der Waals surface area contributed by atoms with Gasteiger partial charge < -0.3 is 9.30 Å². The Labute approximate surface area is 218 Å². The molecule has 1 aromatic heterocycles. The lowest BCUT2D eigenvalue weighted by atomic mass is 10.1. The van der Waals surface area contributed by atoms with Gasteiger partial charge in [-0.1, -0.05) is 36.4 Å². The summed E-state index contributed by atoms with van der Waals surface area (Å²) < 4.78 is 20.3. The van der Waals surface area contributed by atoms with E-state index >= 15 is 0 Å². The van der Waals surface area contributed by atoms with Crippen LogP contribution in [0.25, 0.3) is 17.0 Å². The predicted molar refractivity (Wildman–Crippen MR) is 145 cm³/mol. The number of thioether (sulfide) groups is 1. The van der Waals surface area contributed by atoms with Crippen molar-refractivity contribution in [2.24, 2.45) is 4.99 Å². The summed E-state index contributed by atoms with van der Waals surface area (Å²) in [5.41, 5.74) is 3.88. The molecule has 2 heterocycles. The van der Waals surface area contributed by atoms with Gasteiger partial charge in [-0.15, -0.1) is 0 Å². The fourth-order valence-electron chi connectivity index (χ4n) is 4.25. The third-order valence-corrected chi connectivity index (χ3v) is 7.08. The van der Waals surface area contributed by atoms with Gasteiger partial charge in [0.25, 0.3) is 5.91 Å². The van der Waals surface area contributed by atoms with Gasteiger partial charge in [0.15, 0.2) is 5.17 Å². The first-order valence-electron chi connectivity index (χ1n) is 11.8. The van der Waals surface area contributed by atoms with Crippen LogP contribution in [-0.4, -0.2) is 40.2 Å². The number of esters is 1. The Kier molecular flexibility index (Phi) is 6.92. The summed E-state index contributed by atoms with van der Waals surface area (Å²) in [6.07, 6.45) is 3.91. The summed E-state index contributed by atoms with van der Waals surface area (Å²) >= 11 is 1.30. The van der Waals surface area contributed by atoms with Crippen LogP contribution in [-0.2, 0) is 16.1 Å². The highest BCUT2D eigenvalue weighted by atomic mass is 32.2. The number of ether oxygens (including phenoxy) is 1. The van der Waals surface area contributed by atoms with Crippen LogP contribution in [0.3, 0.4) is 0 Å². The number of carbonyl (C=O) groups excluding carboxylic acids is 2. The Bertz CT molecular complexity index is 1560. The van der Waals surface area contributed by atoms with Crippen molar-refractivity contribution in [3.05, 3.63) is 106 Å². The molecule has 0 N–H and O–H groups in total. The van der Waals surface area contributed by atoms with E-state index in [0.717, 1.165) is 22.0 Å². The number of carbonyl (C=O) groups is 2. The molecule has 0 saturated carbocycles. The van der Waals surface area contributed by atoms with Crippen LogP contribution in [0.1, 0.15) is 28.4 Å². The van der Waals surface area contributed by atoms with Crippen molar-refractivity contribution in [1.82, 2.24) is 9.47 Å². The fraction of sp³-hybridized carbons (Fsp3) is 0.138. The zero-order valence-electron chi connectivity index (χ0n) is 20.3. The van der Waals surface area contributed by atoms with Gasteiger partial charge in [-0.2, -0.15) is 0 Å². The molecular weight excluding hydrogens is 489 g/mol. The van der Waals surface area contributed by atoms with Crippen molar-refractivity contribution in [2.75, 3.05) is 13.7 Å². The summed E-state index contributed by atoms with van der Waals surface area (Å²) in [4.78, 5) is 32.0. The van der Waals surface area contributed by atoms with Crippen LogP contribution in [0, 0.1) is 5.82 Å². The number of likely N-dealkylation sites (N-methyl/N-ethyl adjacent to an activating group) is 1. The van der Waals surface area contributed by atoms with Gasteiger partial charge in [0, 0.05) is 35.8 Å². The number of amidine groups is 1. The van der Waals surface area contributed by atoms with E-state index in [1.54, 1.807) is 41.3 Å². The maximum atomic E-state index is 13.4. The molecule has 0 atom stereocenters. The molecule has 5 rings (SSSR count). The molecule has 1 fully saturated rings. The fourth-order valence-corrected chi connectivity index (χ4v) is 5.30. The number of hydrogen-bond acceptors (Lipinski definition) is 5. The lowest BCUT2D eigenvalue weighted by Gasteiger charge is -2.12. The van der Waals surface area contributed by atoms with Crippen LogP contribution in [0.15, 0.2) is 88.9 Å². The van der Waals surface area contributed by atoms with Crippen LogP contribution in [0.2, 0.25) is 0 Å². The minimum absolute atomic E-state index is 0.120. The summed E-state index contributed by atoms with van der Waals surface area (Å²) in [5.74, 6) is -0.828. The molecular formula is C29H24FN3O3S. The molecule has 1 amide bonds. The molecule has 37 heavy (non-hydrogen) atoms. The third-order valence-electron chi connectivity index (χ3n) is 6.07. The van der Waals surface area contributed by atoms with Gasteiger partial charge in [-0.25, -0.2) is 14.2 Å². The van der Waals surface area contributed by atoms with Crippen molar-refractivity contribution in [1.29, 1.82) is 0 Å². The first-order valence-corrected chi connectivity index (χ1v) is 12.6. The number of amides is 1. The first kappa shape index (κ1) is 24.5. The summed E-state index contributed by atoms with van der Waals surface area (Å²) in [5, 5.41) is 1.57. The van der Waals surface area contributed by atoms with E-state index in [9.17, 15) is 14.0 Å². The number of halogens is 1. The SMILES string of the molecule is CCN1C(=O)C(=Cc2cn(Cc3ccc(F)cc3)c3ccccc23)SC1=Nc1cccc(C(=O)OC)c1. The Morgan fingerprint density at radius 2 is 1.86 bits per heavy atom. The third kappa shape index (κ3) is 5.06. The van der Waals surface area contributed by atoms with Crippen LogP contribution < -0.4 is 0 Å². The van der Waals surface area contributed by atoms with Gasteiger partial charge in [0.1, 0.15) is 5.82 Å². The highest BCUT2D eigenvalue weighted by Gasteiger charge is 2.32. The lowest BCUT2D eigenvalue weighted by Crippen LogP contribution is -2.28. The number of nitrogens with zero attached hydrogens (tertiary/aromatic N) is 3. The average molecular weight is 514 g/mol. The molecule has 0 bridgehead atoms. The van der Waals surface area contributed by atoms with E-state index in [4.69, 9.17) is 4.74 Å². The van der Waals surface area contributed by atoms with E-state index in [1.165, 1.54) is 31.0 Å². The molecule has 3 aromatic carbocycles. The van der Waals surface area contributed by atoms with Gasteiger partial charge in [-0.3, -0.25) is 9.69 Å². The second-order valence-corrected chi connectivity index (χ2v) is 9.46. The van der Waals surface area contributed by atoms with Crippen molar-refractivity contribution in [3.8, 4) is 0 Å². The number of aromatic nitrogens is 1. The topological polar surface area (TPSA) is 63.9 Å². The molecule has 6 nitrogen and oxygen atoms in total. The molecule has 1 saturated heterocycles. The molecule has 1 aliphatic heterocycles. The number of rotatable bonds is 6. The van der Waals surface area contributed by atoms with Gasteiger partial charge >= 0.3 is 5.97 Å². The van der Waals surface area contributed by atoms with Gasteiger partial charge in [0.05, 0.1) is 23.3 Å². The smallest absolute Gasteiger partial charge is 0.337 e. The van der Waals surface area contributed by atoms with Crippen LogP contribution in [0.4, 0.5) is 10.1 Å². The second kappa shape index (κ2) is 10.4. The number of methoxy groups -OCH3 is 1. The highest BCUT2D eigenvalue weighted by Crippen LogP contribution is 2.35. The maximum Gasteiger partial charge on any atom is 0.337 e. The molecule has 186 valence electrons. The largest absolute Gasteiger partial charge is 0.465 e. The molecule has 0 spiro atoms. The molecule has 0 radical (unpaired) electrons. The molecule has 0 aliphatic carbocycles. The minimum atomic E-state index is -0.442. The molecule has 8 heteroatoms. The van der Waals surface area contributed by atoms with E-state index in [2.05, 4.69) is 9.56 Å². The quantitative estimate of drug-likeness (QED) is 0.226. The normalized spacial score (nSPS) is 15.8. The zero-order chi connectivity index (χ0) is 25.9. The first-order chi connectivity index (χ1) is 18.0. The van der Waals surface area contributed by atoms with E-state index in [1.807, 2.05) is 43.5 Å². The standard InChI is InChI=1S/C29H24FN3O3S/c1-3-33-27(34)26(37-29(33)31-23-8-6-7-20(15-23)28(35)36-2)16-21-18-32(25-10-5-4-9-24(21)25)17-19-11-13-22(30)14-12-19/h4-16,18H,3,17H2,1-2H3. The molecule has 4 aromatic rings. The molecule has 0 unspecified atom stereocenters. The Balaban J connectivity index is 1.49. The maximum absolute atomic E-state index is 13.4. The summed E-state index contributed by atoms with van der Waals surface area (Å²) in [7, 11) is 1.33. The van der Waals surface area contributed by atoms with E-state index in [0.29, 0.717) is 34.4 Å². The Hall–Kier alpha value is -4.17. The van der Waals surface area contributed by atoms with Crippen molar-refractivity contribution in [3.63, 3.8) is 0 Å². The second-order valence-electron chi connectivity index (χ2n) is 8.45. The summed E-state index contributed by atoms with van der Waals surface area (Å²) in [6.45, 7) is 2.94. The minimum Gasteiger partial charge on any atom is -0.465 e. The predicted octanol–water partition coefficient (Wildman–Crippen LogP) is 6.24. The number of para-hydroxylation sites is 1. The van der Waals surface area contributed by atoms with Crippen molar-refractivity contribution in [2.45, 2.75) is 13.5 Å². The monoisotopic (exact) mass is 513 g/mol. The molecule has 1 aliphatic rings.